The number of aryl methyl sites for hydroxylation is 1. The summed E-state index contributed by atoms with van der Waals surface area (Å²) in [6.07, 6.45) is 2.13. The second kappa shape index (κ2) is 6.24. The quantitative estimate of drug-likeness (QED) is 0.857. The highest BCUT2D eigenvalue weighted by atomic mass is 35.5. The van der Waals surface area contributed by atoms with E-state index in [1.165, 1.54) is 0 Å². The predicted octanol–water partition coefficient (Wildman–Crippen LogP) is 3.46. The summed E-state index contributed by atoms with van der Waals surface area (Å²) in [6, 6.07) is 6.05. The normalized spacial score (nSPS) is 14.8. The van der Waals surface area contributed by atoms with E-state index in [0.717, 1.165) is 29.0 Å². The van der Waals surface area contributed by atoms with Crippen molar-refractivity contribution < 1.29 is 4.74 Å². The van der Waals surface area contributed by atoms with Gasteiger partial charge in [-0.2, -0.15) is 0 Å². The van der Waals surface area contributed by atoms with Gasteiger partial charge in [-0.1, -0.05) is 23.7 Å². The lowest BCUT2D eigenvalue weighted by molar-refractivity contribution is 0.107. The summed E-state index contributed by atoms with van der Waals surface area (Å²) in [4.78, 5) is 0. The molecule has 0 spiro atoms. The molecule has 0 bridgehead atoms. The van der Waals surface area contributed by atoms with Crippen LogP contribution < -0.4 is 5.73 Å². The minimum absolute atomic E-state index is 0.0377. The van der Waals surface area contributed by atoms with Gasteiger partial charge in [-0.15, -0.1) is 0 Å². The number of halogens is 1. The van der Waals surface area contributed by atoms with Crippen LogP contribution >= 0.6 is 11.6 Å². The summed E-state index contributed by atoms with van der Waals surface area (Å²) in [5.41, 5.74) is 8.28. The van der Waals surface area contributed by atoms with E-state index in [2.05, 4.69) is 6.92 Å². The molecule has 2 atom stereocenters. The summed E-state index contributed by atoms with van der Waals surface area (Å²) in [6.45, 7) is 4.04. The van der Waals surface area contributed by atoms with Gasteiger partial charge in [-0.05, 0) is 43.9 Å². The molecule has 0 aliphatic heterocycles. The highest BCUT2D eigenvalue weighted by Crippen LogP contribution is 2.23. The van der Waals surface area contributed by atoms with Crippen LogP contribution in [0.5, 0.6) is 0 Å². The number of hydrogen-bond donors (Lipinski definition) is 1. The summed E-state index contributed by atoms with van der Waals surface area (Å²) in [5.74, 6) is 0. The number of benzene rings is 1. The fourth-order valence-electron chi connectivity index (χ4n) is 1.54. The van der Waals surface area contributed by atoms with E-state index in [1.54, 1.807) is 7.11 Å². The first kappa shape index (κ1) is 13.5. The number of ether oxygens (including phenoxy) is 1. The van der Waals surface area contributed by atoms with Gasteiger partial charge in [-0.3, -0.25) is 0 Å². The molecule has 0 saturated heterocycles. The molecule has 0 radical (unpaired) electrons. The first-order chi connectivity index (χ1) is 7.54. The number of rotatable bonds is 5. The van der Waals surface area contributed by atoms with Gasteiger partial charge in [0.2, 0.25) is 0 Å². The molecule has 2 nitrogen and oxygen atoms in total. The van der Waals surface area contributed by atoms with E-state index >= 15 is 0 Å². The zero-order chi connectivity index (χ0) is 12.1. The van der Waals surface area contributed by atoms with Crippen molar-refractivity contribution in [2.45, 2.75) is 38.8 Å². The highest BCUT2D eigenvalue weighted by Gasteiger charge is 2.09. The average molecular weight is 242 g/mol. The van der Waals surface area contributed by atoms with Crippen molar-refractivity contribution in [1.82, 2.24) is 0 Å². The Labute approximate surface area is 103 Å². The molecule has 1 aromatic carbocycles. The number of methoxy groups -OCH3 is 1. The maximum Gasteiger partial charge on any atom is 0.0543 e. The van der Waals surface area contributed by atoms with Gasteiger partial charge in [0, 0.05) is 18.2 Å². The number of hydrogen-bond acceptors (Lipinski definition) is 2. The third kappa shape index (κ3) is 3.78. The lowest BCUT2D eigenvalue weighted by atomic mass is 10.0. The Morgan fingerprint density at radius 2 is 2.06 bits per heavy atom. The maximum atomic E-state index is 6.10. The fourth-order valence-corrected chi connectivity index (χ4v) is 1.73. The molecule has 0 saturated carbocycles. The second-order valence-corrected chi connectivity index (χ2v) is 4.65. The Morgan fingerprint density at radius 3 is 2.62 bits per heavy atom. The zero-order valence-electron chi connectivity index (χ0n) is 10.2. The maximum absolute atomic E-state index is 6.10. The van der Waals surface area contributed by atoms with Crippen molar-refractivity contribution in [3.63, 3.8) is 0 Å². The van der Waals surface area contributed by atoms with Crippen LogP contribution in [0.1, 0.15) is 36.9 Å². The first-order valence-electron chi connectivity index (χ1n) is 5.59. The molecule has 1 aromatic rings. The van der Waals surface area contributed by atoms with Crippen molar-refractivity contribution in [3.8, 4) is 0 Å². The van der Waals surface area contributed by atoms with E-state index in [9.17, 15) is 0 Å². The van der Waals surface area contributed by atoms with Gasteiger partial charge in [0.15, 0.2) is 0 Å². The predicted molar refractivity (Wildman–Crippen MR) is 68.8 cm³/mol. The Hall–Kier alpha value is -0.570. The summed E-state index contributed by atoms with van der Waals surface area (Å²) in [5, 5.41) is 0.785. The average Bonchev–Trinajstić information content (AvgIpc) is 2.29. The molecule has 0 aliphatic carbocycles. The van der Waals surface area contributed by atoms with Crippen LogP contribution in [-0.2, 0) is 4.74 Å². The molecule has 3 heteroatoms. The molecule has 1 rings (SSSR count). The Bertz CT molecular complexity index is 341. The van der Waals surface area contributed by atoms with Gasteiger partial charge >= 0.3 is 0 Å². The Balaban J connectivity index is 2.59. The van der Waals surface area contributed by atoms with Crippen LogP contribution in [0.4, 0.5) is 0 Å². The third-order valence-electron chi connectivity index (χ3n) is 2.91. The molecular weight excluding hydrogens is 222 g/mol. The molecule has 0 fully saturated rings. The molecule has 90 valence electrons. The van der Waals surface area contributed by atoms with Crippen molar-refractivity contribution in [1.29, 1.82) is 0 Å². The molecule has 0 amide bonds. The SMILES string of the molecule is COC(C)CCC(N)c1ccc(C)c(Cl)c1. The van der Waals surface area contributed by atoms with Gasteiger partial charge < -0.3 is 10.5 Å². The summed E-state index contributed by atoms with van der Waals surface area (Å²) in [7, 11) is 1.72. The summed E-state index contributed by atoms with van der Waals surface area (Å²) < 4.78 is 5.20. The molecule has 0 aromatic heterocycles. The van der Waals surface area contributed by atoms with E-state index in [0.29, 0.717) is 0 Å². The monoisotopic (exact) mass is 241 g/mol. The second-order valence-electron chi connectivity index (χ2n) is 4.24. The fraction of sp³-hybridized carbons (Fsp3) is 0.538. The third-order valence-corrected chi connectivity index (χ3v) is 3.32. The van der Waals surface area contributed by atoms with E-state index in [1.807, 2.05) is 25.1 Å². The van der Waals surface area contributed by atoms with E-state index in [-0.39, 0.29) is 12.1 Å². The highest BCUT2D eigenvalue weighted by molar-refractivity contribution is 6.31. The lowest BCUT2D eigenvalue weighted by Crippen LogP contribution is -2.14. The van der Waals surface area contributed by atoms with Gasteiger partial charge in [-0.25, -0.2) is 0 Å². The minimum Gasteiger partial charge on any atom is -0.382 e. The molecule has 2 unspecified atom stereocenters. The van der Waals surface area contributed by atoms with Gasteiger partial charge in [0.25, 0.3) is 0 Å². The van der Waals surface area contributed by atoms with Crippen LogP contribution in [0.2, 0.25) is 5.02 Å². The summed E-state index contributed by atoms with van der Waals surface area (Å²) >= 11 is 6.07. The van der Waals surface area contributed by atoms with Gasteiger partial charge in [0.1, 0.15) is 0 Å². The van der Waals surface area contributed by atoms with Crippen LogP contribution in [0.15, 0.2) is 18.2 Å². The molecule has 2 N–H and O–H groups in total. The lowest BCUT2D eigenvalue weighted by Gasteiger charge is -2.15. The topological polar surface area (TPSA) is 35.2 Å². The van der Waals surface area contributed by atoms with Crippen molar-refractivity contribution >= 4 is 11.6 Å². The van der Waals surface area contributed by atoms with Crippen LogP contribution in [0.3, 0.4) is 0 Å². The Kier molecular flexibility index (Phi) is 5.26. The first-order valence-corrected chi connectivity index (χ1v) is 5.96. The van der Waals surface area contributed by atoms with Gasteiger partial charge in [0.05, 0.1) is 6.10 Å². The smallest absolute Gasteiger partial charge is 0.0543 e. The van der Waals surface area contributed by atoms with Crippen LogP contribution in [-0.4, -0.2) is 13.2 Å². The number of nitrogens with two attached hydrogens (primary N) is 1. The van der Waals surface area contributed by atoms with E-state index in [4.69, 9.17) is 22.1 Å². The molecule has 16 heavy (non-hydrogen) atoms. The van der Waals surface area contributed by atoms with Crippen LogP contribution in [0.25, 0.3) is 0 Å². The molecular formula is C13H20ClNO. The molecule has 0 aliphatic rings. The Morgan fingerprint density at radius 1 is 1.38 bits per heavy atom. The minimum atomic E-state index is 0.0377. The van der Waals surface area contributed by atoms with Crippen molar-refractivity contribution in [3.05, 3.63) is 34.3 Å². The standard InChI is InChI=1S/C13H20ClNO/c1-9-4-6-11(8-12(9)14)13(15)7-5-10(2)16-3/h4,6,8,10,13H,5,7,15H2,1-3H3. The largest absolute Gasteiger partial charge is 0.382 e. The van der Waals surface area contributed by atoms with Crippen molar-refractivity contribution in [2.24, 2.45) is 5.73 Å². The van der Waals surface area contributed by atoms with Crippen molar-refractivity contribution in [2.75, 3.05) is 7.11 Å². The molecule has 0 heterocycles. The van der Waals surface area contributed by atoms with Crippen LogP contribution in [0, 0.1) is 6.92 Å². The van der Waals surface area contributed by atoms with E-state index < -0.39 is 0 Å². The zero-order valence-corrected chi connectivity index (χ0v) is 10.9.